The van der Waals surface area contributed by atoms with Gasteiger partial charge in [0, 0.05) is 13.1 Å². The van der Waals surface area contributed by atoms with Crippen molar-refractivity contribution >= 4 is 6.29 Å². The summed E-state index contributed by atoms with van der Waals surface area (Å²) in [5, 5.41) is 6.07. The molecule has 2 N–H and O–H groups in total. The monoisotopic (exact) mass is 130 g/mol. The molecule has 0 rings (SSSR count). The van der Waals surface area contributed by atoms with Crippen LogP contribution in [0.2, 0.25) is 0 Å². The van der Waals surface area contributed by atoms with E-state index in [1.807, 2.05) is 0 Å². The van der Waals surface area contributed by atoms with Gasteiger partial charge < -0.3 is 15.4 Å². The highest BCUT2D eigenvalue weighted by atomic mass is 16.1. The van der Waals surface area contributed by atoms with E-state index in [9.17, 15) is 4.79 Å². The van der Waals surface area contributed by atoms with Gasteiger partial charge in [0.15, 0.2) is 0 Å². The van der Waals surface area contributed by atoms with Crippen molar-refractivity contribution in [2.24, 2.45) is 0 Å². The highest BCUT2D eigenvalue weighted by molar-refractivity contribution is 5.51. The molecule has 0 fully saturated rings. The fraction of sp³-hybridized carbons (Fsp3) is 0.833. The summed E-state index contributed by atoms with van der Waals surface area (Å²) in [5.74, 6) is 0. The topological polar surface area (TPSA) is 41.1 Å². The van der Waals surface area contributed by atoms with Crippen LogP contribution in [0.4, 0.5) is 0 Å². The van der Waals surface area contributed by atoms with E-state index < -0.39 is 0 Å². The van der Waals surface area contributed by atoms with Crippen molar-refractivity contribution in [3.05, 3.63) is 0 Å². The van der Waals surface area contributed by atoms with Crippen LogP contribution >= 0.6 is 0 Å². The number of carbonyl (C=O) groups excluding carboxylic acids is 1. The number of rotatable bonds is 6. The Hall–Kier alpha value is -0.410. The summed E-state index contributed by atoms with van der Waals surface area (Å²) in [6.07, 6.45) is 0.867. The molecule has 0 aromatic rings. The summed E-state index contributed by atoms with van der Waals surface area (Å²) in [4.78, 5) is 9.75. The molecule has 0 aromatic heterocycles. The second kappa shape index (κ2) is 7.59. The number of hydrogen-bond acceptors (Lipinski definition) is 3. The first kappa shape index (κ1) is 8.59. The molecule has 0 saturated heterocycles. The van der Waals surface area contributed by atoms with Gasteiger partial charge in [-0.05, 0) is 6.54 Å². The zero-order chi connectivity index (χ0) is 6.95. The Morgan fingerprint density at radius 1 is 1.33 bits per heavy atom. The van der Waals surface area contributed by atoms with Gasteiger partial charge in [0.1, 0.15) is 6.29 Å². The van der Waals surface area contributed by atoms with Crippen molar-refractivity contribution < 1.29 is 4.79 Å². The normalized spacial score (nSPS) is 9.44. The summed E-state index contributed by atoms with van der Waals surface area (Å²) in [7, 11) is 0. The third-order valence-corrected chi connectivity index (χ3v) is 0.956. The van der Waals surface area contributed by atoms with Gasteiger partial charge in [-0.2, -0.15) is 0 Å². The maximum absolute atomic E-state index is 9.75. The minimum atomic E-state index is 0.464. The Labute approximate surface area is 55.8 Å². The zero-order valence-electron chi connectivity index (χ0n) is 5.81. The third kappa shape index (κ3) is 7.59. The number of likely N-dealkylation sites (N-methyl/N-ethyl adjacent to an activating group) is 1. The van der Waals surface area contributed by atoms with Crippen LogP contribution in [0.15, 0.2) is 0 Å². The molecule has 0 spiro atoms. The van der Waals surface area contributed by atoms with Gasteiger partial charge in [0.2, 0.25) is 0 Å². The highest BCUT2D eigenvalue weighted by Gasteiger charge is 1.81. The largest absolute Gasteiger partial charge is 0.316 e. The molecule has 0 aromatic carbocycles. The van der Waals surface area contributed by atoms with Crippen LogP contribution in [0, 0.1) is 0 Å². The van der Waals surface area contributed by atoms with Crippen LogP contribution < -0.4 is 10.6 Å². The van der Waals surface area contributed by atoms with E-state index in [1.165, 1.54) is 0 Å². The quantitative estimate of drug-likeness (QED) is 0.372. The van der Waals surface area contributed by atoms with E-state index in [0.29, 0.717) is 6.54 Å². The van der Waals surface area contributed by atoms with Crippen LogP contribution in [-0.4, -0.2) is 32.5 Å². The Balaban J connectivity index is 2.66. The lowest BCUT2D eigenvalue weighted by molar-refractivity contribution is -0.107. The molecule has 9 heavy (non-hydrogen) atoms. The number of nitrogens with one attached hydrogen (secondary N) is 2. The molecular weight excluding hydrogens is 116 g/mol. The average Bonchev–Trinajstić information content (AvgIpc) is 1.89. The summed E-state index contributed by atoms with van der Waals surface area (Å²) < 4.78 is 0. The van der Waals surface area contributed by atoms with Gasteiger partial charge in [-0.15, -0.1) is 0 Å². The second-order valence-corrected chi connectivity index (χ2v) is 1.72. The molecule has 0 bridgehead atoms. The Morgan fingerprint density at radius 3 is 2.56 bits per heavy atom. The predicted octanol–water partition coefficient (Wildman–Crippen LogP) is -0.616. The van der Waals surface area contributed by atoms with E-state index in [1.54, 1.807) is 0 Å². The van der Waals surface area contributed by atoms with Crippen molar-refractivity contribution in [2.45, 2.75) is 6.92 Å². The minimum Gasteiger partial charge on any atom is -0.316 e. The fourth-order valence-electron chi connectivity index (χ4n) is 0.515. The van der Waals surface area contributed by atoms with Gasteiger partial charge >= 0.3 is 0 Å². The summed E-state index contributed by atoms with van der Waals surface area (Å²) in [6, 6.07) is 0. The van der Waals surface area contributed by atoms with Crippen LogP contribution in [0.5, 0.6) is 0 Å². The highest BCUT2D eigenvalue weighted by Crippen LogP contribution is 1.56. The standard InChI is InChI=1S/C6H14N2O/c1-2-7-3-4-8-5-6-9/h6-8H,2-5H2,1H3. The maximum atomic E-state index is 9.75. The SMILES string of the molecule is CCNCCNCC=O. The van der Waals surface area contributed by atoms with Crippen molar-refractivity contribution in [1.29, 1.82) is 0 Å². The second-order valence-electron chi connectivity index (χ2n) is 1.72. The molecular formula is C6H14N2O. The van der Waals surface area contributed by atoms with Crippen LogP contribution in [-0.2, 0) is 4.79 Å². The van der Waals surface area contributed by atoms with Crippen LogP contribution in [0.25, 0.3) is 0 Å². The lowest BCUT2D eigenvalue weighted by Crippen LogP contribution is -2.28. The molecule has 0 unspecified atom stereocenters. The first-order valence-electron chi connectivity index (χ1n) is 3.27. The average molecular weight is 130 g/mol. The summed E-state index contributed by atoms with van der Waals surface area (Å²) in [5.41, 5.74) is 0. The Morgan fingerprint density at radius 2 is 2.00 bits per heavy atom. The van der Waals surface area contributed by atoms with Gasteiger partial charge in [0.25, 0.3) is 0 Å². The van der Waals surface area contributed by atoms with Crippen molar-refractivity contribution in [3.8, 4) is 0 Å². The molecule has 3 nitrogen and oxygen atoms in total. The lowest BCUT2D eigenvalue weighted by Gasteiger charge is -1.99. The first-order valence-corrected chi connectivity index (χ1v) is 3.27. The number of carbonyl (C=O) groups is 1. The fourth-order valence-corrected chi connectivity index (χ4v) is 0.515. The van der Waals surface area contributed by atoms with Gasteiger partial charge in [-0.3, -0.25) is 0 Å². The number of aldehydes is 1. The van der Waals surface area contributed by atoms with Gasteiger partial charge in [-0.1, -0.05) is 6.92 Å². The van der Waals surface area contributed by atoms with E-state index in [-0.39, 0.29) is 0 Å². The Kier molecular flexibility index (Phi) is 7.24. The molecule has 0 aliphatic carbocycles. The molecule has 0 aliphatic rings. The molecule has 0 atom stereocenters. The zero-order valence-corrected chi connectivity index (χ0v) is 5.81. The van der Waals surface area contributed by atoms with Crippen molar-refractivity contribution in [3.63, 3.8) is 0 Å². The van der Waals surface area contributed by atoms with Crippen molar-refractivity contribution in [2.75, 3.05) is 26.2 Å². The lowest BCUT2D eigenvalue weighted by atomic mass is 10.5. The first-order chi connectivity index (χ1) is 4.41. The van der Waals surface area contributed by atoms with Crippen LogP contribution in [0.3, 0.4) is 0 Å². The molecule has 0 amide bonds. The summed E-state index contributed by atoms with van der Waals surface area (Å²) >= 11 is 0. The minimum absolute atomic E-state index is 0.464. The summed E-state index contributed by atoms with van der Waals surface area (Å²) in [6.45, 7) is 5.31. The van der Waals surface area contributed by atoms with E-state index >= 15 is 0 Å². The third-order valence-electron chi connectivity index (χ3n) is 0.956. The molecule has 0 aliphatic heterocycles. The smallest absolute Gasteiger partial charge is 0.133 e. The maximum Gasteiger partial charge on any atom is 0.133 e. The Bertz CT molecular complexity index is 66.1. The van der Waals surface area contributed by atoms with E-state index in [2.05, 4.69) is 17.6 Å². The molecule has 0 radical (unpaired) electrons. The van der Waals surface area contributed by atoms with Gasteiger partial charge in [-0.25, -0.2) is 0 Å². The van der Waals surface area contributed by atoms with Gasteiger partial charge in [0.05, 0.1) is 6.54 Å². The van der Waals surface area contributed by atoms with E-state index in [0.717, 1.165) is 25.9 Å². The molecule has 3 heteroatoms. The van der Waals surface area contributed by atoms with Crippen LogP contribution in [0.1, 0.15) is 6.92 Å². The molecule has 0 saturated carbocycles. The molecule has 0 heterocycles. The number of hydrogen-bond donors (Lipinski definition) is 2. The van der Waals surface area contributed by atoms with Crippen molar-refractivity contribution in [1.82, 2.24) is 10.6 Å². The van der Waals surface area contributed by atoms with E-state index in [4.69, 9.17) is 0 Å². The molecule has 54 valence electrons. The predicted molar refractivity (Wildman–Crippen MR) is 37.5 cm³/mol.